The summed E-state index contributed by atoms with van der Waals surface area (Å²) in [6.07, 6.45) is 0. The second-order valence-electron chi connectivity index (χ2n) is 4.27. The standard InChI is InChI=1S/C15H16BrFN2O/c1-2-20-12-5-3-4-10(8-12)15(19-18)13-7-6-11(16)9-14(13)17/h3-9,15,19H,2,18H2,1H3. The second kappa shape index (κ2) is 6.83. The first-order chi connectivity index (χ1) is 9.65. The third-order valence-electron chi connectivity index (χ3n) is 2.94. The van der Waals surface area contributed by atoms with Crippen LogP contribution in [-0.2, 0) is 0 Å². The number of hydrogen-bond donors (Lipinski definition) is 2. The van der Waals surface area contributed by atoms with E-state index in [9.17, 15) is 4.39 Å². The summed E-state index contributed by atoms with van der Waals surface area (Å²) in [5.74, 6) is 6.02. The number of halogens is 2. The number of nitrogens with two attached hydrogens (primary N) is 1. The Morgan fingerprint density at radius 2 is 2.10 bits per heavy atom. The molecule has 0 saturated carbocycles. The highest BCUT2D eigenvalue weighted by Gasteiger charge is 2.17. The van der Waals surface area contributed by atoms with Crippen molar-refractivity contribution in [2.45, 2.75) is 13.0 Å². The van der Waals surface area contributed by atoms with Crippen LogP contribution in [0.15, 0.2) is 46.9 Å². The highest BCUT2D eigenvalue weighted by molar-refractivity contribution is 9.10. The van der Waals surface area contributed by atoms with Gasteiger partial charge in [-0.25, -0.2) is 9.82 Å². The Kier molecular flexibility index (Phi) is 5.11. The summed E-state index contributed by atoms with van der Waals surface area (Å²) >= 11 is 3.24. The highest BCUT2D eigenvalue weighted by atomic mass is 79.9. The van der Waals surface area contributed by atoms with Crippen LogP contribution in [0.2, 0.25) is 0 Å². The van der Waals surface area contributed by atoms with Crippen molar-refractivity contribution < 1.29 is 9.13 Å². The fourth-order valence-corrected chi connectivity index (χ4v) is 2.38. The van der Waals surface area contributed by atoms with Gasteiger partial charge in [0.1, 0.15) is 11.6 Å². The molecule has 0 aliphatic carbocycles. The third-order valence-corrected chi connectivity index (χ3v) is 3.44. The van der Waals surface area contributed by atoms with Crippen LogP contribution >= 0.6 is 15.9 Å². The lowest BCUT2D eigenvalue weighted by Gasteiger charge is -2.18. The maximum absolute atomic E-state index is 14.1. The van der Waals surface area contributed by atoms with E-state index in [1.165, 1.54) is 6.07 Å². The minimum absolute atomic E-state index is 0.316. The van der Waals surface area contributed by atoms with E-state index in [4.69, 9.17) is 10.6 Å². The normalized spacial score (nSPS) is 12.2. The molecule has 2 rings (SSSR count). The largest absolute Gasteiger partial charge is 0.494 e. The van der Waals surface area contributed by atoms with Gasteiger partial charge in [0.05, 0.1) is 12.6 Å². The first-order valence-electron chi connectivity index (χ1n) is 6.29. The zero-order valence-electron chi connectivity index (χ0n) is 11.1. The minimum Gasteiger partial charge on any atom is -0.494 e. The molecule has 106 valence electrons. The van der Waals surface area contributed by atoms with Crippen LogP contribution in [0.25, 0.3) is 0 Å². The predicted octanol–water partition coefficient (Wildman–Crippen LogP) is 3.54. The van der Waals surface area contributed by atoms with Crippen molar-refractivity contribution in [3.8, 4) is 5.75 Å². The molecule has 0 saturated heterocycles. The summed E-state index contributed by atoms with van der Waals surface area (Å²) in [7, 11) is 0. The number of benzene rings is 2. The molecule has 0 spiro atoms. The topological polar surface area (TPSA) is 47.3 Å². The quantitative estimate of drug-likeness (QED) is 0.647. The van der Waals surface area contributed by atoms with Crippen LogP contribution in [-0.4, -0.2) is 6.61 Å². The molecule has 0 aliphatic heterocycles. The van der Waals surface area contributed by atoms with E-state index >= 15 is 0 Å². The van der Waals surface area contributed by atoms with E-state index in [1.807, 2.05) is 31.2 Å². The number of ether oxygens (including phenoxy) is 1. The van der Waals surface area contributed by atoms with Crippen molar-refractivity contribution >= 4 is 15.9 Å². The molecule has 2 aromatic rings. The molecule has 0 aliphatic rings. The second-order valence-corrected chi connectivity index (χ2v) is 5.19. The van der Waals surface area contributed by atoms with Crippen LogP contribution < -0.4 is 16.0 Å². The van der Waals surface area contributed by atoms with E-state index in [1.54, 1.807) is 12.1 Å². The number of nitrogens with one attached hydrogen (secondary N) is 1. The number of hydrogen-bond acceptors (Lipinski definition) is 3. The smallest absolute Gasteiger partial charge is 0.129 e. The summed E-state index contributed by atoms with van der Waals surface area (Å²) in [6, 6.07) is 12.0. The van der Waals surface area contributed by atoms with Gasteiger partial charge < -0.3 is 4.74 Å². The van der Waals surface area contributed by atoms with E-state index in [0.717, 1.165) is 11.3 Å². The first-order valence-corrected chi connectivity index (χ1v) is 7.08. The van der Waals surface area contributed by atoms with Crippen molar-refractivity contribution in [3.63, 3.8) is 0 Å². The van der Waals surface area contributed by atoms with Gasteiger partial charge in [-0.1, -0.05) is 34.1 Å². The molecule has 0 amide bonds. The van der Waals surface area contributed by atoms with Crippen molar-refractivity contribution in [1.29, 1.82) is 0 Å². The predicted molar refractivity (Wildman–Crippen MR) is 80.9 cm³/mol. The minimum atomic E-state index is -0.427. The van der Waals surface area contributed by atoms with Crippen LogP contribution in [0.1, 0.15) is 24.1 Å². The van der Waals surface area contributed by atoms with Crippen LogP contribution in [0.5, 0.6) is 5.75 Å². The Labute approximate surface area is 126 Å². The molecule has 3 N–H and O–H groups in total. The molecule has 0 fully saturated rings. The maximum Gasteiger partial charge on any atom is 0.129 e. The summed E-state index contributed by atoms with van der Waals surface area (Å²) in [5.41, 5.74) is 3.99. The van der Waals surface area contributed by atoms with Gasteiger partial charge in [0.15, 0.2) is 0 Å². The van der Waals surface area contributed by atoms with E-state index in [2.05, 4.69) is 21.4 Å². The molecule has 1 unspecified atom stereocenters. The zero-order chi connectivity index (χ0) is 14.5. The summed E-state index contributed by atoms with van der Waals surface area (Å²) in [4.78, 5) is 0. The average molecular weight is 339 g/mol. The molecule has 20 heavy (non-hydrogen) atoms. The van der Waals surface area contributed by atoms with Gasteiger partial charge in [0.25, 0.3) is 0 Å². The van der Waals surface area contributed by atoms with Gasteiger partial charge in [-0.05, 0) is 36.8 Å². The molecule has 0 aromatic heterocycles. The van der Waals surface area contributed by atoms with Crippen LogP contribution in [0.3, 0.4) is 0 Å². The van der Waals surface area contributed by atoms with Crippen LogP contribution in [0.4, 0.5) is 4.39 Å². The molecule has 2 aromatic carbocycles. The molecule has 0 heterocycles. The first kappa shape index (κ1) is 15.0. The Hall–Kier alpha value is -1.43. The zero-order valence-corrected chi connectivity index (χ0v) is 12.7. The molecule has 3 nitrogen and oxygen atoms in total. The van der Waals surface area contributed by atoms with E-state index < -0.39 is 6.04 Å². The Morgan fingerprint density at radius 1 is 1.30 bits per heavy atom. The van der Waals surface area contributed by atoms with Crippen molar-refractivity contribution in [2.75, 3.05) is 6.61 Å². The van der Waals surface area contributed by atoms with E-state index in [-0.39, 0.29) is 5.82 Å². The Morgan fingerprint density at radius 3 is 2.75 bits per heavy atom. The fourth-order valence-electron chi connectivity index (χ4n) is 2.05. The summed E-state index contributed by atoms with van der Waals surface area (Å²) in [5, 5.41) is 0. The highest BCUT2D eigenvalue weighted by Crippen LogP contribution is 2.28. The average Bonchev–Trinajstić information content (AvgIpc) is 2.43. The lowest BCUT2D eigenvalue weighted by atomic mass is 9.98. The SMILES string of the molecule is CCOc1cccc(C(NN)c2ccc(Br)cc2F)c1. The summed E-state index contributed by atoms with van der Waals surface area (Å²) in [6.45, 7) is 2.50. The van der Waals surface area contributed by atoms with Crippen molar-refractivity contribution in [3.05, 3.63) is 63.9 Å². The lowest BCUT2D eigenvalue weighted by Crippen LogP contribution is -2.29. The van der Waals surface area contributed by atoms with Gasteiger partial charge in [0.2, 0.25) is 0 Å². The molecular weight excluding hydrogens is 323 g/mol. The number of rotatable bonds is 5. The lowest BCUT2D eigenvalue weighted by molar-refractivity contribution is 0.339. The van der Waals surface area contributed by atoms with Gasteiger partial charge in [0, 0.05) is 10.0 Å². The van der Waals surface area contributed by atoms with Gasteiger partial charge in [-0.2, -0.15) is 0 Å². The fraction of sp³-hybridized carbons (Fsp3) is 0.200. The van der Waals surface area contributed by atoms with E-state index in [0.29, 0.717) is 16.6 Å². The van der Waals surface area contributed by atoms with Crippen molar-refractivity contribution in [2.24, 2.45) is 5.84 Å². The van der Waals surface area contributed by atoms with Crippen LogP contribution in [0, 0.1) is 5.82 Å². The molecule has 1 atom stereocenters. The third kappa shape index (κ3) is 3.36. The molecule has 5 heteroatoms. The van der Waals surface area contributed by atoms with Gasteiger partial charge >= 0.3 is 0 Å². The Bertz CT molecular complexity index is 592. The monoisotopic (exact) mass is 338 g/mol. The summed E-state index contributed by atoms with van der Waals surface area (Å²) < 4.78 is 20.2. The van der Waals surface area contributed by atoms with Gasteiger partial charge in [-0.3, -0.25) is 5.84 Å². The van der Waals surface area contributed by atoms with Crippen molar-refractivity contribution in [1.82, 2.24) is 5.43 Å². The van der Waals surface area contributed by atoms with Gasteiger partial charge in [-0.15, -0.1) is 0 Å². The molecule has 0 bridgehead atoms. The number of hydrazine groups is 1. The Balaban J connectivity index is 2.38. The molecular formula is C15H16BrFN2O. The molecule has 0 radical (unpaired) electrons. The maximum atomic E-state index is 14.1.